The highest BCUT2D eigenvalue weighted by Crippen LogP contribution is 2.30. The van der Waals surface area contributed by atoms with E-state index in [-0.39, 0.29) is 17.3 Å². The molecule has 0 unspecified atom stereocenters. The smallest absolute Gasteiger partial charge is 0.433 e. The van der Waals surface area contributed by atoms with Crippen LogP contribution in [0.3, 0.4) is 0 Å². The van der Waals surface area contributed by atoms with Crippen LogP contribution in [-0.2, 0) is 6.18 Å². The molecule has 0 bridgehead atoms. The number of fused-ring (bicyclic) bond motifs is 1. The Morgan fingerprint density at radius 3 is 2.49 bits per heavy atom. The van der Waals surface area contributed by atoms with E-state index in [2.05, 4.69) is 30.6 Å². The van der Waals surface area contributed by atoms with Gasteiger partial charge in [0.15, 0.2) is 23.4 Å². The highest BCUT2D eigenvalue weighted by atomic mass is 19.4. The summed E-state index contributed by atoms with van der Waals surface area (Å²) in [6, 6.07) is 9.40. The molecule has 0 atom stereocenters. The van der Waals surface area contributed by atoms with E-state index < -0.39 is 17.9 Å². The lowest BCUT2D eigenvalue weighted by Crippen LogP contribution is -2.19. The van der Waals surface area contributed by atoms with Crippen molar-refractivity contribution in [1.82, 2.24) is 19.9 Å². The fraction of sp³-hybridized carbons (Fsp3) is 0.0455. The van der Waals surface area contributed by atoms with Crippen LogP contribution in [0.15, 0.2) is 76.3 Å². The number of nitrogens with zero attached hydrogens (tertiary/aromatic N) is 4. The van der Waals surface area contributed by atoms with Gasteiger partial charge in [0.05, 0.1) is 6.20 Å². The van der Waals surface area contributed by atoms with E-state index in [9.17, 15) is 18.0 Å². The topological polar surface area (TPSA) is 128 Å². The number of hydrogen-bond acceptors (Lipinski definition) is 8. The summed E-state index contributed by atoms with van der Waals surface area (Å²) in [5, 5.41) is 5.00. The summed E-state index contributed by atoms with van der Waals surface area (Å²) in [7, 11) is 0. The molecule has 2 amide bonds. The normalized spacial score (nSPS) is 11.4. The van der Waals surface area contributed by atoms with Gasteiger partial charge in [-0.3, -0.25) is 10.3 Å². The number of nitrogens with one attached hydrogen (secondary N) is 2. The molecule has 0 saturated carbocycles. The van der Waals surface area contributed by atoms with Crippen LogP contribution in [0.4, 0.5) is 29.7 Å². The zero-order chi connectivity index (χ0) is 24.4. The van der Waals surface area contributed by atoms with Gasteiger partial charge in [0, 0.05) is 29.7 Å². The molecule has 0 aliphatic heterocycles. The Kier molecular flexibility index (Phi) is 5.49. The standard InChI is InChI=1S/C22H13F3N6O4/c23-22(24,25)17-6-1-12(9-27-17)16-10-28-21(35-16)31-20(32)30-13-2-4-14(5-3-13)34-15-7-8-26-19-18(15)29-11-33-19/h1-11H,(H2,28,30,31,32). The number of urea groups is 1. The molecule has 10 nitrogen and oxygen atoms in total. The second kappa shape index (κ2) is 8.78. The van der Waals surface area contributed by atoms with Crippen LogP contribution in [0.1, 0.15) is 5.69 Å². The molecule has 13 heteroatoms. The van der Waals surface area contributed by atoms with Crippen LogP contribution in [0, 0.1) is 0 Å². The zero-order valence-corrected chi connectivity index (χ0v) is 17.4. The number of carbonyl (C=O) groups excluding carboxylic acids is 1. The average Bonchev–Trinajstić information content (AvgIpc) is 3.50. The van der Waals surface area contributed by atoms with Gasteiger partial charge in [-0.25, -0.2) is 19.7 Å². The number of halogens is 3. The van der Waals surface area contributed by atoms with E-state index in [1.54, 1.807) is 30.3 Å². The molecular formula is C22H13F3N6O4. The number of carbonyl (C=O) groups is 1. The molecule has 4 heterocycles. The van der Waals surface area contributed by atoms with Gasteiger partial charge >= 0.3 is 18.2 Å². The molecule has 35 heavy (non-hydrogen) atoms. The lowest BCUT2D eigenvalue weighted by atomic mass is 10.2. The second-order valence-corrected chi connectivity index (χ2v) is 6.98. The number of pyridine rings is 2. The zero-order valence-electron chi connectivity index (χ0n) is 17.4. The minimum Gasteiger partial charge on any atom is -0.455 e. The number of benzene rings is 1. The van der Waals surface area contributed by atoms with Crippen LogP contribution in [0.5, 0.6) is 11.5 Å². The first kappa shape index (κ1) is 21.9. The summed E-state index contributed by atoms with van der Waals surface area (Å²) in [5.41, 5.74) is 0.525. The Morgan fingerprint density at radius 1 is 0.914 bits per heavy atom. The maximum Gasteiger partial charge on any atom is 0.433 e. The predicted octanol–water partition coefficient (Wildman–Crippen LogP) is 5.73. The van der Waals surface area contributed by atoms with Crippen molar-refractivity contribution < 1.29 is 31.5 Å². The van der Waals surface area contributed by atoms with Crippen LogP contribution >= 0.6 is 0 Å². The molecule has 0 fully saturated rings. The third-order valence-electron chi connectivity index (χ3n) is 4.60. The highest BCUT2D eigenvalue weighted by Gasteiger charge is 2.32. The maximum atomic E-state index is 12.6. The lowest BCUT2D eigenvalue weighted by molar-refractivity contribution is -0.141. The molecule has 0 radical (unpaired) electrons. The summed E-state index contributed by atoms with van der Waals surface area (Å²) >= 11 is 0. The SMILES string of the molecule is O=C(Nc1ccc(Oc2ccnc3ocnc23)cc1)Nc1ncc(-c2ccc(C(F)(F)F)nc2)o1. The van der Waals surface area contributed by atoms with E-state index in [1.807, 2.05) is 0 Å². The molecule has 1 aromatic carbocycles. The minimum atomic E-state index is -4.54. The van der Waals surface area contributed by atoms with Gasteiger partial charge in [0.2, 0.25) is 0 Å². The van der Waals surface area contributed by atoms with E-state index in [0.29, 0.717) is 28.4 Å². The quantitative estimate of drug-likeness (QED) is 0.325. The fourth-order valence-electron chi connectivity index (χ4n) is 3.00. The van der Waals surface area contributed by atoms with Gasteiger partial charge in [-0.2, -0.15) is 13.2 Å². The Balaban J connectivity index is 1.19. The van der Waals surface area contributed by atoms with Crippen molar-refractivity contribution >= 4 is 29.0 Å². The number of rotatable bonds is 5. The Labute approximate surface area is 193 Å². The summed E-state index contributed by atoms with van der Waals surface area (Å²) in [6.07, 6.45) is 0.531. The van der Waals surface area contributed by atoms with Gasteiger partial charge in [-0.05, 0) is 36.4 Å². The van der Waals surface area contributed by atoms with E-state index >= 15 is 0 Å². The summed E-state index contributed by atoms with van der Waals surface area (Å²) in [4.78, 5) is 27.6. The molecular weight excluding hydrogens is 469 g/mol. The van der Waals surface area contributed by atoms with Crippen molar-refractivity contribution in [2.24, 2.45) is 0 Å². The number of amides is 2. The van der Waals surface area contributed by atoms with Crippen LogP contribution in [-0.4, -0.2) is 26.0 Å². The van der Waals surface area contributed by atoms with Crippen molar-refractivity contribution in [1.29, 1.82) is 0 Å². The number of ether oxygens (including phenoxy) is 1. The molecule has 4 aromatic heterocycles. The van der Waals surface area contributed by atoms with Gasteiger partial charge in [0.25, 0.3) is 5.71 Å². The highest BCUT2D eigenvalue weighted by molar-refractivity contribution is 5.98. The number of oxazole rings is 2. The van der Waals surface area contributed by atoms with Crippen LogP contribution in [0.2, 0.25) is 0 Å². The Bertz CT molecular complexity index is 1480. The van der Waals surface area contributed by atoms with Gasteiger partial charge < -0.3 is 18.9 Å². The van der Waals surface area contributed by atoms with Crippen molar-refractivity contribution in [2.45, 2.75) is 6.18 Å². The first-order valence-corrected chi connectivity index (χ1v) is 9.89. The lowest BCUT2D eigenvalue weighted by Gasteiger charge is -2.08. The first-order valence-electron chi connectivity index (χ1n) is 9.89. The van der Waals surface area contributed by atoms with Crippen molar-refractivity contribution in [3.63, 3.8) is 0 Å². The van der Waals surface area contributed by atoms with Gasteiger partial charge in [-0.15, -0.1) is 0 Å². The Hall–Kier alpha value is -4.94. The summed E-state index contributed by atoms with van der Waals surface area (Å²) < 4.78 is 54.2. The molecule has 0 aliphatic carbocycles. The number of anilines is 2. The van der Waals surface area contributed by atoms with Crippen LogP contribution < -0.4 is 15.4 Å². The minimum absolute atomic E-state index is 0.139. The molecule has 176 valence electrons. The number of hydrogen-bond donors (Lipinski definition) is 2. The third-order valence-corrected chi connectivity index (χ3v) is 4.60. The number of aromatic nitrogens is 4. The Morgan fingerprint density at radius 2 is 1.74 bits per heavy atom. The van der Waals surface area contributed by atoms with E-state index in [0.717, 1.165) is 12.3 Å². The predicted molar refractivity (Wildman–Crippen MR) is 116 cm³/mol. The van der Waals surface area contributed by atoms with E-state index in [4.69, 9.17) is 13.6 Å². The van der Waals surface area contributed by atoms with Crippen molar-refractivity contribution in [3.05, 3.63) is 73.1 Å². The van der Waals surface area contributed by atoms with Gasteiger partial charge in [0.1, 0.15) is 11.4 Å². The largest absolute Gasteiger partial charge is 0.455 e. The first-order chi connectivity index (χ1) is 16.8. The summed E-state index contributed by atoms with van der Waals surface area (Å²) in [5.74, 6) is 1.10. The maximum absolute atomic E-state index is 12.6. The monoisotopic (exact) mass is 482 g/mol. The van der Waals surface area contributed by atoms with Gasteiger partial charge in [-0.1, -0.05) is 0 Å². The molecule has 0 spiro atoms. The average molecular weight is 482 g/mol. The molecule has 5 rings (SSSR count). The molecule has 0 aliphatic rings. The van der Waals surface area contributed by atoms with Crippen molar-refractivity contribution in [3.8, 4) is 22.8 Å². The fourth-order valence-corrected chi connectivity index (χ4v) is 3.00. The molecule has 0 saturated heterocycles. The molecule has 5 aromatic rings. The third kappa shape index (κ3) is 4.88. The van der Waals surface area contributed by atoms with Crippen LogP contribution in [0.25, 0.3) is 22.6 Å². The summed E-state index contributed by atoms with van der Waals surface area (Å²) in [6.45, 7) is 0. The van der Waals surface area contributed by atoms with Crippen molar-refractivity contribution in [2.75, 3.05) is 10.6 Å². The number of alkyl halides is 3. The molecule has 2 N–H and O–H groups in total. The van der Waals surface area contributed by atoms with E-state index in [1.165, 1.54) is 24.9 Å². The second-order valence-electron chi connectivity index (χ2n) is 6.98.